The maximum Gasteiger partial charge on any atom is 0.323 e. The predicted octanol–water partition coefficient (Wildman–Crippen LogP) is 2.17. The molecule has 1 N–H and O–H groups in total. The van der Waals surface area contributed by atoms with Crippen molar-refractivity contribution in [3.05, 3.63) is 28.3 Å². The van der Waals surface area contributed by atoms with E-state index in [1.54, 1.807) is 22.1 Å². The maximum atomic E-state index is 12.3. The second-order valence-corrected chi connectivity index (χ2v) is 7.40. The number of carbonyl (C=O) groups is 1. The molecule has 2 aromatic rings. The van der Waals surface area contributed by atoms with Crippen LogP contribution in [0.2, 0.25) is 0 Å². The molecular weight excluding hydrogens is 324 g/mol. The van der Waals surface area contributed by atoms with Gasteiger partial charge in [-0.15, -0.1) is 11.3 Å². The van der Waals surface area contributed by atoms with E-state index in [0.717, 1.165) is 38.3 Å². The van der Waals surface area contributed by atoms with Gasteiger partial charge in [0.2, 0.25) is 0 Å². The molecule has 1 aliphatic rings. The van der Waals surface area contributed by atoms with Crippen molar-refractivity contribution in [2.45, 2.75) is 19.9 Å². The average molecular weight is 348 g/mol. The van der Waals surface area contributed by atoms with E-state index in [2.05, 4.69) is 34.3 Å². The van der Waals surface area contributed by atoms with Gasteiger partial charge < -0.3 is 9.80 Å². The molecule has 0 aliphatic carbocycles. The minimum absolute atomic E-state index is 0.0582. The molecule has 130 valence electrons. The molecule has 1 atom stereocenters. The van der Waals surface area contributed by atoms with E-state index in [1.807, 2.05) is 23.7 Å². The molecule has 8 heteroatoms. The normalized spacial score (nSPS) is 17.7. The second-order valence-electron chi connectivity index (χ2n) is 6.46. The SMILES string of the molecule is Cc1ncsc1CN(C)C[C@@H]1CCN(C(=O)Nc2ccn(C)n2)C1. The number of nitrogens with one attached hydrogen (secondary N) is 1. The highest BCUT2D eigenvalue weighted by Gasteiger charge is 2.27. The number of aryl methyl sites for hydroxylation is 2. The molecule has 1 fully saturated rings. The summed E-state index contributed by atoms with van der Waals surface area (Å²) in [7, 11) is 3.97. The zero-order valence-corrected chi connectivity index (χ0v) is 15.2. The lowest BCUT2D eigenvalue weighted by atomic mass is 10.1. The standard InChI is InChI=1S/C16H24N6OS/c1-12-14(24-11-17-12)10-20(2)8-13-4-7-22(9-13)16(23)18-15-5-6-21(3)19-15/h5-6,11,13H,4,7-10H2,1-3H3,(H,18,19,23)/t13-/m0/s1. The summed E-state index contributed by atoms with van der Waals surface area (Å²) in [6.45, 7) is 5.57. The Kier molecular flexibility index (Phi) is 5.15. The number of carbonyl (C=O) groups excluding carboxylic acids is 1. The van der Waals surface area contributed by atoms with Crippen LogP contribution in [0.5, 0.6) is 0 Å². The van der Waals surface area contributed by atoms with Crippen LogP contribution < -0.4 is 5.32 Å². The molecule has 7 nitrogen and oxygen atoms in total. The summed E-state index contributed by atoms with van der Waals surface area (Å²) in [6, 6.07) is 1.74. The first kappa shape index (κ1) is 16.9. The molecule has 0 saturated carbocycles. The molecule has 1 saturated heterocycles. The molecular formula is C16H24N6OS. The van der Waals surface area contributed by atoms with Gasteiger partial charge in [-0.1, -0.05) is 0 Å². The summed E-state index contributed by atoms with van der Waals surface area (Å²) in [5.41, 5.74) is 3.02. The Bertz CT molecular complexity index is 696. The van der Waals surface area contributed by atoms with E-state index in [9.17, 15) is 4.79 Å². The number of rotatable bonds is 5. The largest absolute Gasteiger partial charge is 0.324 e. The van der Waals surface area contributed by atoms with E-state index < -0.39 is 0 Å². The number of aromatic nitrogens is 3. The van der Waals surface area contributed by atoms with E-state index in [-0.39, 0.29) is 6.03 Å². The van der Waals surface area contributed by atoms with Gasteiger partial charge in [0, 0.05) is 50.4 Å². The van der Waals surface area contributed by atoms with Gasteiger partial charge in [0.15, 0.2) is 5.82 Å². The highest BCUT2D eigenvalue weighted by Crippen LogP contribution is 2.20. The number of anilines is 1. The van der Waals surface area contributed by atoms with Gasteiger partial charge in [-0.05, 0) is 26.3 Å². The predicted molar refractivity (Wildman–Crippen MR) is 95.1 cm³/mol. The van der Waals surface area contributed by atoms with Crippen molar-refractivity contribution < 1.29 is 4.79 Å². The van der Waals surface area contributed by atoms with Gasteiger partial charge in [-0.25, -0.2) is 9.78 Å². The summed E-state index contributed by atoms with van der Waals surface area (Å²) in [5, 5.41) is 7.04. The summed E-state index contributed by atoms with van der Waals surface area (Å²) >= 11 is 1.71. The van der Waals surface area contributed by atoms with Crippen LogP contribution in [0.15, 0.2) is 17.8 Å². The van der Waals surface area contributed by atoms with Crippen LogP contribution in [-0.4, -0.2) is 57.3 Å². The topological polar surface area (TPSA) is 66.3 Å². The lowest BCUT2D eigenvalue weighted by Crippen LogP contribution is -2.34. The Balaban J connectivity index is 1.46. The fourth-order valence-corrected chi connectivity index (χ4v) is 3.92. The number of thiazole rings is 1. The molecule has 2 aromatic heterocycles. The Morgan fingerprint density at radius 2 is 2.38 bits per heavy atom. The number of hydrogen-bond acceptors (Lipinski definition) is 5. The highest BCUT2D eigenvalue weighted by atomic mass is 32.1. The molecule has 0 bridgehead atoms. The van der Waals surface area contributed by atoms with Crippen molar-refractivity contribution in [1.82, 2.24) is 24.6 Å². The van der Waals surface area contributed by atoms with Crippen LogP contribution in [-0.2, 0) is 13.6 Å². The fourth-order valence-electron chi connectivity index (χ4n) is 3.06. The van der Waals surface area contributed by atoms with Crippen LogP contribution in [0.4, 0.5) is 10.6 Å². The molecule has 24 heavy (non-hydrogen) atoms. The molecule has 3 rings (SSSR count). The number of amides is 2. The second kappa shape index (κ2) is 7.31. The first-order valence-electron chi connectivity index (χ1n) is 8.14. The summed E-state index contributed by atoms with van der Waals surface area (Å²) in [6.07, 6.45) is 2.86. The molecule has 2 amide bonds. The molecule has 0 aromatic carbocycles. The fraction of sp³-hybridized carbons (Fsp3) is 0.562. The van der Waals surface area contributed by atoms with Crippen molar-refractivity contribution in [2.24, 2.45) is 13.0 Å². The van der Waals surface area contributed by atoms with E-state index in [1.165, 1.54) is 4.88 Å². The van der Waals surface area contributed by atoms with E-state index >= 15 is 0 Å². The molecule has 1 aliphatic heterocycles. The van der Waals surface area contributed by atoms with Gasteiger partial charge in [0.05, 0.1) is 11.2 Å². The third-order valence-electron chi connectivity index (χ3n) is 4.35. The number of nitrogens with zero attached hydrogens (tertiary/aromatic N) is 5. The van der Waals surface area contributed by atoms with Gasteiger partial charge in [0.25, 0.3) is 0 Å². The third-order valence-corrected chi connectivity index (χ3v) is 5.27. The van der Waals surface area contributed by atoms with Crippen LogP contribution in [0.3, 0.4) is 0 Å². The number of likely N-dealkylation sites (tertiary alicyclic amines) is 1. The van der Waals surface area contributed by atoms with Crippen LogP contribution in [0.1, 0.15) is 17.0 Å². The molecule has 0 unspecified atom stereocenters. The van der Waals surface area contributed by atoms with E-state index in [0.29, 0.717) is 11.7 Å². The summed E-state index contributed by atoms with van der Waals surface area (Å²) in [4.78, 5) is 22.1. The van der Waals surface area contributed by atoms with Crippen molar-refractivity contribution in [2.75, 3.05) is 32.0 Å². The van der Waals surface area contributed by atoms with Crippen molar-refractivity contribution >= 4 is 23.2 Å². The molecule has 3 heterocycles. The monoisotopic (exact) mass is 348 g/mol. The quantitative estimate of drug-likeness (QED) is 0.899. The van der Waals surface area contributed by atoms with Gasteiger partial charge in [0.1, 0.15) is 0 Å². The van der Waals surface area contributed by atoms with Gasteiger partial charge in [-0.3, -0.25) is 10.00 Å². The smallest absolute Gasteiger partial charge is 0.323 e. The van der Waals surface area contributed by atoms with Crippen LogP contribution >= 0.6 is 11.3 Å². The first-order chi connectivity index (χ1) is 11.5. The van der Waals surface area contributed by atoms with Crippen LogP contribution in [0.25, 0.3) is 0 Å². The Morgan fingerprint density at radius 1 is 1.54 bits per heavy atom. The van der Waals surface area contributed by atoms with Crippen molar-refractivity contribution in [3.63, 3.8) is 0 Å². The zero-order valence-electron chi connectivity index (χ0n) is 14.4. The zero-order chi connectivity index (χ0) is 17.1. The Hall–Kier alpha value is -1.93. The van der Waals surface area contributed by atoms with Crippen LogP contribution in [0, 0.1) is 12.8 Å². The van der Waals surface area contributed by atoms with Gasteiger partial charge in [-0.2, -0.15) is 5.10 Å². The lowest BCUT2D eigenvalue weighted by Gasteiger charge is -2.21. The minimum Gasteiger partial charge on any atom is -0.324 e. The molecule has 0 spiro atoms. The Morgan fingerprint density at radius 3 is 3.04 bits per heavy atom. The number of hydrogen-bond donors (Lipinski definition) is 1. The summed E-state index contributed by atoms with van der Waals surface area (Å²) < 4.78 is 1.68. The average Bonchev–Trinajstić information content (AvgIpc) is 3.23. The number of urea groups is 1. The Labute approximate surface area is 146 Å². The first-order valence-corrected chi connectivity index (χ1v) is 9.02. The molecule has 0 radical (unpaired) electrons. The highest BCUT2D eigenvalue weighted by molar-refractivity contribution is 7.09. The third kappa shape index (κ3) is 4.12. The minimum atomic E-state index is -0.0582. The van der Waals surface area contributed by atoms with Crippen molar-refractivity contribution in [1.29, 1.82) is 0 Å². The lowest BCUT2D eigenvalue weighted by molar-refractivity contribution is 0.216. The van der Waals surface area contributed by atoms with Crippen molar-refractivity contribution in [3.8, 4) is 0 Å². The summed E-state index contributed by atoms with van der Waals surface area (Å²) in [5.74, 6) is 1.11. The van der Waals surface area contributed by atoms with Gasteiger partial charge >= 0.3 is 6.03 Å². The maximum absolute atomic E-state index is 12.3. The van der Waals surface area contributed by atoms with E-state index in [4.69, 9.17) is 0 Å².